The summed E-state index contributed by atoms with van der Waals surface area (Å²) in [4.78, 5) is 12.2. The van der Waals surface area contributed by atoms with Gasteiger partial charge in [0.05, 0.1) is 6.10 Å². The molecule has 8 heteroatoms. The van der Waals surface area contributed by atoms with Crippen LogP contribution in [-0.4, -0.2) is 34.4 Å². The fourth-order valence-electron chi connectivity index (χ4n) is 4.68. The van der Waals surface area contributed by atoms with Gasteiger partial charge in [0.15, 0.2) is 6.29 Å². The Morgan fingerprint density at radius 3 is 1.66 bits per heavy atom. The highest BCUT2D eigenvalue weighted by Crippen LogP contribution is 2.30. The molecule has 0 aromatic carbocycles. The molecule has 0 radical (unpaired) electrons. The van der Waals surface area contributed by atoms with E-state index in [9.17, 15) is 14.5 Å². The van der Waals surface area contributed by atoms with E-state index in [-0.39, 0.29) is 0 Å². The van der Waals surface area contributed by atoms with Crippen molar-refractivity contribution in [2.45, 2.75) is 180 Å². The zero-order chi connectivity index (χ0) is 28.7. The topological polar surface area (TPSA) is 82.1 Å². The number of unbranched alkanes of at least 4 members (excludes halogenated alkanes) is 13. The van der Waals surface area contributed by atoms with E-state index in [1.165, 1.54) is 96.3 Å². The average molecular weight is 581 g/mol. The summed E-state index contributed by atoms with van der Waals surface area (Å²) in [5.41, 5.74) is -2.87. The maximum Gasteiger partial charge on any atom is 0.374 e. The summed E-state index contributed by atoms with van der Waals surface area (Å²) in [6.45, 7) is 9.65. The molecular formula is C30H61O6PS. The number of thiol groups is 1. The summed E-state index contributed by atoms with van der Waals surface area (Å²) < 4.78 is 28.2. The molecule has 0 aliphatic rings. The summed E-state index contributed by atoms with van der Waals surface area (Å²) in [7, 11) is -1.97. The van der Waals surface area contributed by atoms with Crippen LogP contribution < -0.4 is 0 Å². The second kappa shape index (κ2) is 24.7. The predicted molar refractivity (Wildman–Crippen MR) is 164 cm³/mol. The summed E-state index contributed by atoms with van der Waals surface area (Å²) in [6.07, 6.45) is 21.7. The molecule has 0 aliphatic heterocycles. The lowest BCUT2D eigenvalue weighted by atomic mass is 9.91. The minimum atomic E-state index is -2.48. The number of hydrogen-bond donors (Lipinski definition) is 2. The molecular weight excluding hydrogens is 519 g/mol. The SMILES string of the molecule is CCCCCCCCCCCC(CCCCCCCC)CC(S)OC(CC)OC(O)([PH2]=O)C(=O)OC(C)C. The second-order valence-corrected chi connectivity index (χ2v) is 12.7. The summed E-state index contributed by atoms with van der Waals surface area (Å²) in [5.74, 6) is -0.526. The van der Waals surface area contributed by atoms with Gasteiger partial charge in [-0.1, -0.05) is 130 Å². The molecule has 5 unspecified atom stereocenters. The first kappa shape index (κ1) is 37.9. The monoisotopic (exact) mass is 580 g/mol. The number of carbonyl (C=O) groups is 1. The molecule has 0 heterocycles. The van der Waals surface area contributed by atoms with E-state index in [4.69, 9.17) is 14.2 Å². The Hall–Kier alpha value is -0.0700. The van der Waals surface area contributed by atoms with Crippen molar-refractivity contribution in [3.05, 3.63) is 0 Å². The molecule has 0 fully saturated rings. The van der Waals surface area contributed by atoms with Gasteiger partial charge in [-0.15, -0.1) is 12.6 Å². The lowest BCUT2D eigenvalue weighted by Gasteiger charge is -2.29. The van der Waals surface area contributed by atoms with Crippen LogP contribution in [0.25, 0.3) is 0 Å². The molecule has 0 amide bonds. The van der Waals surface area contributed by atoms with E-state index in [1.807, 2.05) is 6.92 Å². The van der Waals surface area contributed by atoms with Crippen LogP contribution in [0.3, 0.4) is 0 Å². The molecule has 228 valence electrons. The van der Waals surface area contributed by atoms with Gasteiger partial charge in [-0.3, -0.25) is 0 Å². The molecule has 0 aromatic rings. The largest absolute Gasteiger partial charge is 0.459 e. The van der Waals surface area contributed by atoms with Crippen LogP contribution in [0.2, 0.25) is 0 Å². The van der Waals surface area contributed by atoms with Crippen LogP contribution in [0.5, 0.6) is 0 Å². The molecule has 5 atom stereocenters. The number of hydrogen-bond acceptors (Lipinski definition) is 7. The Kier molecular flexibility index (Phi) is 24.7. The van der Waals surface area contributed by atoms with Crippen LogP contribution in [-0.2, 0) is 23.6 Å². The van der Waals surface area contributed by atoms with Crippen molar-refractivity contribution in [3.8, 4) is 0 Å². The minimum absolute atomic E-state index is 0.383. The first-order valence-electron chi connectivity index (χ1n) is 15.6. The van der Waals surface area contributed by atoms with Crippen LogP contribution in [0.15, 0.2) is 0 Å². The molecule has 0 aliphatic carbocycles. The van der Waals surface area contributed by atoms with Gasteiger partial charge in [-0.05, 0) is 32.6 Å². The number of esters is 1. The van der Waals surface area contributed by atoms with E-state index in [2.05, 4.69) is 26.5 Å². The van der Waals surface area contributed by atoms with E-state index in [0.717, 1.165) is 19.3 Å². The van der Waals surface area contributed by atoms with E-state index in [0.29, 0.717) is 12.3 Å². The van der Waals surface area contributed by atoms with Gasteiger partial charge >= 0.3 is 11.5 Å². The van der Waals surface area contributed by atoms with Gasteiger partial charge in [0.25, 0.3) is 0 Å². The third-order valence-corrected chi connectivity index (χ3v) is 7.99. The highest BCUT2D eigenvalue weighted by atomic mass is 32.1. The molecule has 0 aromatic heterocycles. The van der Waals surface area contributed by atoms with Crippen molar-refractivity contribution in [3.63, 3.8) is 0 Å². The highest BCUT2D eigenvalue weighted by Gasteiger charge is 2.41. The van der Waals surface area contributed by atoms with Crippen molar-refractivity contribution < 1.29 is 28.7 Å². The fraction of sp³-hybridized carbons (Fsp3) is 0.967. The lowest BCUT2D eigenvalue weighted by Crippen LogP contribution is -2.42. The first-order valence-corrected chi connectivity index (χ1v) is 17.2. The van der Waals surface area contributed by atoms with Gasteiger partial charge < -0.3 is 23.9 Å². The fourth-order valence-corrected chi connectivity index (χ4v) is 5.49. The molecule has 0 rings (SSSR count). The van der Waals surface area contributed by atoms with Crippen molar-refractivity contribution in [2.75, 3.05) is 0 Å². The molecule has 0 saturated carbocycles. The maximum absolute atomic E-state index is 12.2. The maximum atomic E-state index is 12.2. The van der Waals surface area contributed by atoms with Crippen molar-refractivity contribution in [1.82, 2.24) is 0 Å². The van der Waals surface area contributed by atoms with Crippen LogP contribution in [0.1, 0.15) is 157 Å². The smallest absolute Gasteiger partial charge is 0.374 e. The van der Waals surface area contributed by atoms with Gasteiger partial charge in [0.2, 0.25) is 0 Å². The number of rotatable bonds is 27. The number of aliphatic hydroxyl groups is 1. The highest BCUT2D eigenvalue weighted by molar-refractivity contribution is 7.80. The summed E-state index contributed by atoms with van der Waals surface area (Å²) >= 11 is 4.69. The van der Waals surface area contributed by atoms with Crippen molar-refractivity contribution in [2.24, 2.45) is 5.92 Å². The molecule has 0 saturated heterocycles. The predicted octanol–water partition coefficient (Wildman–Crippen LogP) is 9.04. The summed E-state index contributed by atoms with van der Waals surface area (Å²) in [6, 6.07) is 0. The normalized spacial score (nSPS) is 16.1. The molecule has 0 bridgehead atoms. The van der Waals surface area contributed by atoms with Gasteiger partial charge in [-0.25, -0.2) is 4.79 Å². The standard InChI is InChI=1S/C30H61O6PS/c1-6-9-11-13-15-16-17-19-21-23-26(22-20-18-14-12-10-7-2)24-28(38)35-27(8-3)36-30(32,37-33)29(31)34-25(4)5/h25-28,32,38H,6-24,37H2,1-5H3. The van der Waals surface area contributed by atoms with E-state index < -0.39 is 37.8 Å². The third kappa shape index (κ3) is 19.9. The van der Waals surface area contributed by atoms with Gasteiger partial charge in [0, 0.05) is 0 Å². The molecule has 1 N–H and O–H groups in total. The van der Waals surface area contributed by atoms with E-state index in [1.54, 1.807) is 13.8 Å². The van der Waals surface area contributed by atoms with Crippen LogP contribution in [0, 0.1) is 5.92 Å². The van der Waals surface area contributed by atoms with Gasteiger partial charge in [0.1, 0.15) is 13.9 Å². The minimum Gasteiger partial charge on any atom is -0.459 e. The number of ether oxygens (including phenoxy) is 3. The zero-order valence-electron chi connectivity index (χ0n) is 25.3. The Bertz CT molecular complexity index is 579. The van der Waals surface area contributed by atoms with E-state index >= 15 is 0 Å². The number of carbonyl (C=O) groups excluding carboxylic acids is 1. The molecule has 38 heavy (non-hydrogen) atoms. The lowest BCUT2D eigenvalue weighted by molar-refractivity contribution is -0.260. The van der Waals surface area contributed by atoms with Crippen LogP contribution >= 0.6 is 21.1 Å². The Labute approximate surface area is 241 Å². The Morgan fingerprint density at radius 2 is 1.26 bits per heavy atom. The molecule has 6 nitrogen and oxygen atoms in total. The van der Waals surface area contributed by atoms with Crippen molar-refractivity contribution >= 4 is 27.1 Å². The zero-order valence-corrected chi connectivity index (χ0v) is 27.3. The second-order valence-electron chi connectivity index (χ2n) is 11.1. The molecule has 0 spiro atoms. The average Bonchev–Trinajstić information content (AvgIpc) is 2.88. The third-order valence-electron chi connectivity index (χ3n) is 6.97. The quantitative estimate of drug-likeness (QED) is 0.0332. The Balaban J connectivity index is 4.75. The first-order chi connectivity index (χ1) is 18.2. The summed E-state index contributed by atoms with van der Waals surface area (Å²) in [5, 5.41) is 10.5. The van der Waals surface area contributed by atoms with Crippen LogP contribution in [0.4, 0.5) is 0 Å². The van der Waals surface area contributed by atoms with Crippen molar-refractivity contribution in [1.29, 1.82) is 0 Å². The van der Waals surface area contributed by atoms with Gasteiger partial charge in [-0.2, -0.15) is 0 Å². The Morgan fingerprint density at radius 1 is 0.816 bits per heavy atom.